The highest BCUT2D eigenvalue weighted by Crippen LogP contribution is 2.31. The summed E-state index contributed by atoms with van der Waals surface area (Å²) in [6, 6.07) is 6.81. The minimum atomic E-state index is -3.17. The second-order valence-electron chi connectivity index (χ2n) is 4.30. The van der Waals surface area contributed by atoms with Gasteiger partial charge in [0.05, 0.1) is 17.1 Å². The van der Waals surface area contributed by atoms with Gasteiger partial charge in [-0.3, -0.25) is 4.79 Å². The van der Waals surface area contributed by atoms with Gasteiger partial charge in [0.25, 0.3) is 0 Å². The molecule has 0 spiro atoms. The number of hydrogen-bond donors (Lipinski definition) is 2. The Labute approximate surface area is 106 Å². The molecule has 1 aliphatic heterocycles. The van der Waals surface area contributed by atoms with Crippen molar-refractivity contribution in [2.45, 2.75) is 23.8 Å². The van der Waals surface area contributed by atoms with E-state index in [0.29, 0.717) is 17.9 Å². The average molecular weight is 269 g/mol. The van der Waals surface area contributed by atoms with Crippen LogP contribution in [0, 0.1) is 0 Å². The first-order chi connectivity index (χ1) is 8.50. The summed E-state index contributed by atoms with van der Waals surface area (Å²) < 4.78 is 23.8. The van der Waals surface area contributed by atoms with E-state index in [2.05, 4.69) is 5.32 Å². The number of sulfone groups is 1. The number of fused-ring (bicyclic) bond motifs is 1. The van der Waals surface area contributed by atoms with E-state index in [1.165, 1.54) is 0 Å². The second-order valence-corrected chi connectivity index (χ2v) is 6.37. The summed E-state index contributed by atoms with van der Waals surface area (Å²) in [5.41, 5.74) is 0.745. The van der Waals surface area contributed by atoms with Crippen molar-refractivity contribution in [3.63, 3.8) is 0 Å². The lowest BCUT2D eigenvalue weighted by Crippen LogP contribution is -2.31. The molecule has 0 saturated heterocycles. The van der Waals surface area contributed by atoms with Crippen LogP contribution in [0.25, 0.3) is 0 Å². The molecular weight excluding hydrogens is 254 g/mol. The van der Waals surface area contributed by atoms with Crippen molar-refractivity contribution in [1.82, 2.24) is 5.32 Å². The van der Waals surface area contributed by atoms with Gasteiger partial charge in [-0.25, -0.2) is 8.42 Å². The van der Waals surface area contributed by atoms with Crippen LogP contribution in [0.5, 0.6) is 0 Å². The lowest BCUT2D eigenvalue weighted by atomic mass is 10.0. The molecule has 0 aliphatic carbocycles. The topological polar surface area (TPSA) is 83.5 Å². The highest BCUT2D eigenvalue weighted by molar-refractivity contribution is 7.91. The van der Waals surface area contributed by atoms with Crippen LogP contribution in [-0.2, 0) is 14.6 Å². The molecule has 6 heteroatoms. The van der Waals surface area contributed by atoms with E-state index in [0.717, 1.165) is 5.56 Å². The summed E-state index contributed by atoms with van der Waals surface area (Å²) in [7, 11) is -3.17. The minimum Gasteiger partial charge on any atom is -0.481 e. The fourth-order valence-electron chi connectivity index (χ4n) is 2.16. The summed E-state index contributed by atoms with van der Waals surface area (Å²) in [5, 5.41) is 11.7. The van der Waals surface area contributed by atoms with Gasteiger partial charge >= 0.3 is 5.97 Å². The number of hydrogen-bond acceptors (Lipinski definition) is 4. The van der Waals surface area contributed by atoms with Gasteiger partial charge in [-0.15, -0.1) is 0 Å². The van der Waals surface area contributed by atoms with Crippen LogP contribution in [0.1, 0.15) is 24.4 Å². The monoisotopic (exact) mass is 269 g/mol. The highest BCUT2D eigenvalue weighted by Gasteiger charge is 2.29. The maximum absolute atomic E-state index is 11.9. The third kappa shape index (κ3) is 2.70. The van der Waals surface area contributed by atoms with E-state index >= 15 is 0 Å². The molecule has 0 fully saturated rings. The number of carbonyl (C=O) groups is 1. The molecule has 1 aliphatic rings. The maximum Gasteiger partial charge on any atom is 0.304 e. The quantitative estimate of drug-likeness (QED) is 0.851. The first kappa shape index (κ1) is 13.0. The minimum absolute atomic E-state index is 0.0332. The Kier molecular flexibility index (Phi) is 3.68. The van der Waals surface area contributed by atoms with Crippen LogP contribution in [-0.4, -0.2) is 31.8 Å². The van der Waals surface area contributed by atoms with E-state index in [9.17, 15) is 13.2 Å². The first-order valence-electron chi connectivity index (χ1n) is 5.77. The Hall–Kier alpha value is -1.40. The van der Waals surface area contributed by atoms with Gasteiger partial charge in [0.2, 0.25) is 0 Å². The molecular formula is C12H15NO4S. The summed E-state index contributed by atoms with van der Waals surface area (Å²) >= 11 is 0. The second kappa shape index (κ2) is 5.07. The van der Waals surface area contributed by atoms with E-state index in [1.807, 2.05) is 0 Å². The van der Waals surface area contributed by atoms with Gasteiger partial charge in [0.15, 0.2) is 9.84 Å². The first-order valence-corrected chi connectivity index (χ1v) is 7.43. The molecule has 1 aromatic carbocycles. The summed E-state index contributed by atoms with van der Waals surface area (Å²) in [6.45, 7) is 0.342. The normalized spacial score (nSPS) is 21.2. The number of carboxylic acids is 1. The standard InChI is InChI=1S/C12H15NO4S/c14-12(15)5-7-13-10-6-8-18(16,17)11-4-2-1-3-9(10)11/h1-4,10,13H,5-8H2,(H,14,15). The lowest BCUT2D eigenvalue weighted by Gasteiger charge is -2.26. The maximum atomic E-state index is 11.9. The van der Waals surface area contributed by atoms with E-state index < -0.39 is 15.8 Å². The number of nitrogens with one attached hydrogen (secondary N) is 1. The van der Waals surface area contributed by atoms with Gasteiger partial charge in [-0.1, -0.05) is 18.2 Å². The van der Waals surface area contributed by atoms with Crippen LogP contribution in [0.2, 0.25) is 0 Å². The Bertz CT molecular complexity index is 553. The van der Waals surface area contributed by atoms with Crippen LogP contribution in [0.3, 0.4) is 0 Å². The third-order valence-corrected chi connectivity index (χ3v) is 4.85. The zero-order valence-electron chi connectivity index (χ0n) is 9.80. The van der Waals surface area contributed by atoms with Crippen molar-refractivity contribution in [3.8, 4) is 0 Å². The Morgan fingerprint density at radius 2 is 2.11 bits per heavy atom. The Balaban J connectivity index is 2.18. The van der Waals surface area contributed by atoms with Crippen molar-refractivity contribution in [2.75, 3.05) is 12.3 Å². The Morgan fingerprint density at radius 3 is 2.83 bits per heavy atom. The molecule has 18 heavy (non-hydrogen) atoms. The van der Waals surface area contributed by atoms with Crippen molar-refractivity contribution >= 4 is 15.8 Å². The van der Waals surface area contributed by atoms with Crippen molar-refractivity contribution < 1.29 is 18.3 Å². The smallest absolute Gasteiger partial charge is 0.304 e. The molecule has 0 aromatic heterocycles. The predicted octanol–water partition coefficient (Wildman–Crippen LogP) is 0.969. The van der Waals surface area contributed by atoms with E-state index in [1.54, 1.807) is 24.3 Å². The molecule has 1 aromatic rings. The Morgan fingerprint density at radius 1 is 1.39 bits per heavy atom. The van der Waals surface area contributed by atoms with Crippen LogP contribution < -0.4 is 5.32 Å². The van der Waals surface area contributed by atoms with E-state index in [-0.39, 0.29) is 18.2 Å². The average Bonchev–Trinajstić information content (AvgIpc) is 2.32. The summed E-state index contributed by atoms with van der Waals surface area (Å²) in [6.07, 6.45) is 0.518. The van der Waals surface area contributed by atoms with E-state index in [4.69, 9.17) is 5.11 Å². The number of rotatable bonds is 4. The van der Waals surface area contributed by atoms with Crippen molar-refractivity contribution in [1.29, 1.82) is 0 Å². The largest absolute Gasteiger partial charge is 0.481 e. The highest BCUT2D eigenvalue weighted by atomic mass is 32.2. The predicted molar refractivity (Wildman–Crippen MR) is 66.1 cm³/mol. The molecule has 5 nitrogen and oxygen atoms in total. The van der Waals surface area contributed by atoms with Gasteiger partial charge in [0.1, 0.15) is 0 Å². The summed E-state index contributed by atoms with van der Waals surface area (Å²) in [4.78, 5) is 10.8. The molecule has 1 unspecified atom stereocenters. The zero-order chi connectivity index (χ0) is 13.2. The molecule has 0 amide bonds. The van der Waals surface area contributed by atoms with Gasteiger partial charge in [-0.05, 0) is 18.1 Å². The summed E-state index contributed by atoms with van der Waals surface area (Å²) in [5.74, 6) is -0.756. The van der Waals surface area contributed by atoms with Gasteiger partial charge < -0.3 is 10.4 Å². The molecule has 98 valence electrons. The van der Waals surface area contributed by atoms with Gasteiger partial charge in [0, 0.05) is 12.6 Å². The molecule has 2 N–H and O–H groups in total. The van der Waals surface area contributed by atoms with Crippen molar-refractivity contribution in [3.05, 3.63) is 29.8 Å². The zero-order valence-corrected chi connectivity index (χ0v) is 10.6. The molecule has 1 atom stereocenters. The van der Waals surface area contributed by atoms with Crippen LogP contribution in [0.15, 0.2) is 29.2 Å². The lowest BCUT2D eigenvalue weighted by molar-refractivity contribution is -0.136. The van der Waals surface area contributed by atoms with Crippen LogP contribution in [0.4, 0.5) is 0 Å². The van der Waals surface area contributed by atoms with Crippen LogP contribution >= 0.6 is 0 Å². The molecule has 2 rings (SSSR count). The fourth-order valence-corrected chi connectivity index (χ4v) is 3.78. The number of benzene rings is 1. The molecule has 0 bridgehead atoms. The molecule has 0 radical (unpaired) electrons. The molecule has 1 heterocycles. The fraction of sp³-hybridized carbons (Fsp3) is 0.417. The third-order valence-electron chi connectivity index (χ3n) is 3.03. The number of carboxylic acid groups (broad SMARTS) is 1. The van der Waals surface area contributed by atoms with Crippen molar-refractivity contribution in [2.24, 2.45) is 0 Å². The van der Waals surface area contributed by atoms with Gasteiger partial charge in [-0.2, -0.15) is 0 Å². The SMILES string of the molecule is O=C(O)CCNC1CCS(=O)(=O)c2ccccc21. The molecule has 0 saturated carbocycles. The number of aliphatic carboxylic acids is 1.